The van der Waals surface area contributed by atoms with Crippen LogP contribution in [0, 0.1) is 12.3 Å². The SMILES string of the molecule is C=Cc1cc(/C(C=N)=C/N)ccc1C. The zero-order valence-electron chi connectivity index (χ0n) is 8.25. The molecule has 0 radical (unpaired) electrons. The predicted molar refractivity (Wildman–Crippen MR) is 62.2 cm³/mol. The van der Waals surface area contributed by atoms with Crippen LogP contribution in [0.15, 0.2) is 31.0 Å². The maximum Gasteiger partial charge on any atom is 0.0270 e. The Bertz CT molecular complexity index is 389. The Kier molecular flexibility index (Phi) is 3.24. The van der Waals surface area contributed by atoms with E-state index >= 15 is 0 Å². The van der Waals surface area contributed by atoms with Gasteiger partial charge in [0.1, 0.15) is 0 Å². The average Bonchev–Trinajstić information content (AvgIpc) is 2.22. The van der Waals surface area contributed by atoms with Crippen molar-refractivity contribution in [3.05, 3.63) is 47.7 Å². The van der Waals surface area contributed by atoms with Crippen molar-refractivity contribution in [1.29, 1.82) is 5.41 Å². The second kappa shape index (κ2) is 4.42. The minimum Gasteiger partial charge on any atom is -0.404 e. The molecule has 1 aromatic rings. The van der Waals surface area contributed by atoms with Crippen LogP contribution in [-0.4, -0.2) is 6.21 Å². The van der Waals surface area contributed by atoms with Gasteiger partial charge in [0.2, 0.25) is 0 Å². The third kappa shape index (κ3) is 1.91. The quantitative estimate of drug-likeness (QED) is 0.700. The highest BCUT2D eigenvalue weighted by Crippen LogP contribution is 2.17. The van der Waals surface area contributed by atoms with E-state index in [4.69, 9.17) is 11.1 Å². The molecule has 1 rings (SSSR count). The monoisotopic (exact) mass is 186 g/mol. The van der Waals surface area contributed by atoms with Crippen molar-refractivity contribution in [1.82, 2.24) is 0 Å². The Morgan fingerprint density at radius 2 is 2.21 bits per heavy atom. The molecule has 0 unspecified atom stereocenters. The fourth-order valence-corrected chi connectivity index (χ4v) is 1.27. The number of nitrogens with two attached hydrogens (primary N) is 1. The molecule has 0 aromatic heterocycles. The van der Waals surface area contributed by atoms with Crippen molar-refractivity contribution < 1.29 is 0 Å². The van der Waals surface area contributed by atoms with Crippen molar-refractivity contribution in [2.24, 2.45) is 5.73 Å². The first-order valence-corrected chi connectivity index (χ1v) is 4.38. The maximum absolute atomic E-state index is 7.18. The van der Waals surface area contributed by atoms with Crippen molar-refractivity contribution >= 4 is 17.9 Å². The molecule has 0 aliphatic rings. The molecule has 0 saturated heterocycles. The summed E-state index contributed by atoms with van der Waals surface area (Å²) in [6.45, 7) is 5.76. The minimum absolute atomic E-state index is 0.716. The number of benzene rings is 1. The Morgan fingerprint density at radius 3 is 2.71 bits per heavy atom. The van der Waals surface area contributed by atoms with E-state index in [-0.39, 0.29) is 0 Å². The molecule has 14 heavy (non-hydrogen) atoms. The minimum atomic E-state index is 0.716. The van der Waals surface area contributed by atoms with Gasteiger partial charge in [0, 0.05) is 18.0 Å². The lowest BCUT2D eigenvalue weighted by molar-refractivity contribution is 1.42. The van der Waals surface area contributed by atoms with Gasteiger partial charge in [-0.1, -0.05) is 24.8 Å². The number of hydrogen-bond acceptors (Lipinski definition) is 2. The summed E-state index contributed by atoms with van der Waals surface area (Å²) < 4.78 is 0. The van der Waals surface area contributed by atoms with Crippen LogP contribution in [0.25, 0.3) is 11.6 Å². The lowest BCUT2D eigenvalue weighted by atomic mass is 10.0. The zero-order valence-corrected chi connectivity index (χ0v) is 8.25. The van der Waals surface area contributed by atoms with E-state index in [1.54, 1.807) is 6.08 Å². The molecule has 0 bridgehead atoms. The van der Waals surface area contributed by atoms with E-state index in [9.17, 15) is 0 Å². The number of aryl methyl sites for hydroxylation is 1. The Morgan fingerprint density at radius 1 is 1.50 bits per heavy atom. The van der Waals surface area contributed by atoms with Gasteiger partial charge in [0.05, 0.1) is 0 Å². The summed E-state index contributed by atoms with van der Waals surface area (Å²) in [4.78, 5) is 0. The van der Waals surface area contributed by atoms with Gasteiger partial charge in [-0.25, -0.2) is 0 Å². The van der Waals surface area contributed by atoms with E-state index in [1.807, 2.05) is 25.1 Å². The van der Waals surface area contributed by atoms with E-state index in [2.05, 4.69) is 6.58 Å². The van der Waals surface area contributed by atoms with E-state index in [0.717, 1.165) is 11.1 Å². The zero-order chi connectivity index (χ0) is 10.6. The molecule has 0 amide bonds. The van der Waals surface area contributed by atoms with Crippen molar-refractivity contribution in [3.8, 4) is 0 Å². The normalized spacial score (nSPS) is 11.1. The average molecular weight is 186 g/mol. The molecule has 2 nitrogen and oxygen atoms in total. The predicted octanol–water partition coefficient (Wildman–Crippen LogP) is 2.59. The molecule has 72 valence electrons. The first-order chi connectivity index (χ1) is 6.72. The highest BCUT2D eigenvalue weighted by Gasteiger charge is 2.00. The van der Waals surface area contributed by atoms with Crippen LogP contribution in [0.4, 0.5) is 0 Å². The Labute approximate surface area is 84.3 Å². The molecule has 0 aliphatic heterocycles. The van der Waals surface area contributed by atoms with Gasteiger partial charge < -0.3 is 11.1 Å². The molecule has 0 spiro atoms. The van der Waals surface area contributed by atoms with E-state index in [0.29, 0.717) is 5.57 Å². The van der Waals surface area contributed by atoms with Crippen molar-refractivity contribution in [3.63, 3.8) is 0 Å². The van der Waals surface area contributed by atoms with Crippen LogP contribution in [0.5, 0.6) is 0 Å². The summed E-state index contributed by atoms with van der Waals surface area (Å²) in [6.07, 6.45) is 4.49. The van der Waals surface area contributed by atoms with Crippen molar-refractivity contribution in [2.75, 3.05) is 0 Å². The second-order valence-electron chi connectivity index (χ2n) is 3.04. The molecule has 0 saturated carbocycles. The number of nitrogens with one attached hydrogen (secondary N) is 1. The standard InChI is InChI=1S/C12H14N2/c1-3-10-6-11(5-4-9(10)2)12(7-13)8-14/h3-8,13H,1,14H2,2H3/b12-8+,13-7?. The van der Waals surface area contributed by atoms with Gasteiger partial charge in [0.25, 0.3) is 0 Å². The van der Waals surface area contributed by atoms with Gasteiger partial charge in [-0.2, -0.15) is 0 Å². The highest BCUT2D eigenvalue weighted by atomic mass is 14.5. The largest absolute Gasteiger partial charge is 0.404 e. The fourth-order valence-electron chi connectivity index (χ4n) is 1.27. The fraction of sp³-hybridized carbons (Fsp3) is 0.0833. The van der Waals surface area contributed by atoms with Gasteiger partial charge in [-0.15, -0.1) is 0 Å². The number of allylic oxidation sites excluding steroid dienone is 1. The first kappa shape index (κ1) is 10.3. The van der Waals surface area contributed by atoms with Crippen molar-refractivity contribution in [2.45, 2.75) is 6.92 Å². The first-order valence-electron chi connectivity index (χ1n) is 4.38. The second-order valence-corrected chi connectivity index (χ2v) is 3.04. The summed E-state index contributed by atoms with van der Waals surface area (Å²) in [6, 6.07) is 5.93. The van der Waals surface area contributed by atoms with Crippen LogP contribution in [-0.2, 0) is 0 Å². The maximum atomic E-state index is 7.18. The lowest BCUT2D eigenvalue weighted by Gasteiger charge is -2.05. The van der Waals surface area contributed by atoms with E-state index < -0.39 is 0 Å². The van der Waals surface area contributed by atoms with Crippen LogP contribution in [0.2, 0.25) is 0 Å². The molecule has 0 heterocycles. The number of rotatable bonds is 3. The molecule has 1 aromatic carbocycles. The molecule has 0 fully saturated rings. The Balaban J connectivity index is 3.24. The Hall–Kier alpha value is -1.83. The van der Waals surface area contributed by atoms with E-state index in [1.165, 1.54) is 18.0 Å². The summed E-state index contributed by atoms with van der Waals surface area (Å²) in [5.74, 6) is 0. The van der Waals surface area contributed by atoms with Crippen LogP contribution in [0.1, 0.15) is 16.7 Å². The third-order valence-corrected chi connectivity index (χ3v) is 2.17. The molecular formula is C12H14N2. The topological polar surface area (TPSA) is 49.9 Å². The summed E-state index contributed by atoms with van der Waals surface area (Å²) in [5, 5.41) is 7.18. The van der Waals surface area contributed by atoms with Crippen LogP contribution >= 0.6 is 0 Å². The van der Waals surface area contributed by atoms with Crippen LogP contribution in [0.3, 0.4) is 0 Å². The summed E-state index contributed by atoms with van der Waals surface area (Å²) in [5.41, 5.74) is 9.31. The summed E-state index contributed by atoms with van der Waals surface area (Å²) in [7, 11) is 0. The molecule has 0 atom stereocenters. The van der Waals surface area contributed by atoms with Gasteiger partial charge >= 0.3 is 0 Å². The lowest BCUT2D eigenvalue weighted by Crippen LogP contribution is -1.92. The van der Waals surface area contributed by atoms with Gasteiger partial charge in [-0.05, 0) is 29.7 Å². The third-order valence-electron chi connectivity index (χ3n) is 2.17. The molecule has 2 heteroatoms. The highest BCUT2D eigenvalue weighted by molar-refractivity contribution is 6.08. The number of hydrogen-bond donors (Lipinski definition) is 2. The summed E-state index contributed by atoms with van der Waals surface area (Å²) >= 11 is 0. The molecular weight excluding hydrogens is 172 g/mol. The van der Waals surface area contributed by atoms with Gasteiger partial charge in [0.15, 0.2) is 0 Å². The molecule has 3 N–H and O–H groups in total. The van der Waals surface area contributed by atoms with Crippen LogP contribution < -0.4 is 5.73 Å². The smallest absolute Gasteiger partial charge is 0.0270 e. The van der Waals surface area contributed by atoms with Gasteiger partial charge in [-0.3, -0.25) is 0 Å². The molecule has 0 aliphatic carbocycles.